The zero-order chi connectivity index (χ0) is 16.2. The van der Waals surface area contributed by atoms with Gasteiger partial charge in [0.25, 0.3) is 15.6 Å². The number of hydrogen-bond donors (Lipinski definition) is 0. The maximum atomic E-state index is 12.5. The number of halogens is 1. The zero-order valence-electron chi connectivity index (χ0n) is 11.7. The minimum atomic E-state index is -3.80. The molecule has 4 nitrogen and oxygen atoms in total. The molecule has 0 aliphatic carbocycles. The van der Waals surface area contributed by atoms with Crippen LogP contribution in [0, 0.1) is 0 Å². The summed E-state index contributed by atoms with van der Waals surface area (Å²) in [6.07, 6.45) is 0. The van der Waals surface area contributed by atoms with E-state index < -0.39 is 15.6 Å². The molecule has 0 saturated carbocycles. The molecule has 0 N–H and O–H groups in total. The van der Waals surface area contributed by atoms with Crippen LogP contribution in [0.1, 0.15) is 0 Å². The topological polar surface area (TPSA) is 56.1 Å². The molecule has 1 aromatic heterocycles. The second-order valence-corrected chi connectivity index (χ2v) is 7.91. The summed E-state index contributed by atoms with van der Waals surface area (Å²) in [4.78, 5) is 12.6. The average molecular weight is 388 g/mol. The van der Waals surface area contributed by atoms with E-state index in [4.69, 9.17) is 0 Å². The second-order valence-electron chi connectivity index (χ2n) is 5.24. The van der Waals surface area contributed by atoms with Gasteiger partial charge in [-0.3, -0.25) is 4.79 Å². The minimum absolute atomic E-state index is 0.171. The standard InChI is InChI=1S/C17H10BrNO3S/c18-13-7-5-11(6-8-13)12-9-15-14-3-1-2-4-16(14)23(21,22)19(15)17(20)10-12/h1-10H. The largest absolute Gasteiger partial charge is 0.271 e. The highest BCUT2D eigenvalue weighted by atomic mass is 79.9. The van der Waals surface area contributed by atoms with Crippen LogP contribution < -0.4 is 5.56 Å². The Balaban J connectivity index is 2.04. The van der Waals surface area contributed by atoms with Gasteiger partial charge in [0.05, 0.1) is 10.6 Å². The molecular weight excluding hydrogens is 378 g/mol. The van der Waals surface area contributed by atoms with Gasteiger partial charge >= 0.3 is 0 Å². The van der Waals surface area contributed by atoms with Crippen LogP contribution in [0.2, 0.25) is 0 Å². The van der Waals surface area contributed by atoms with Crippen LogP contribution in [0.4, 0.5) is 0 Å². The Bertz CT molecular complexity index is 1100. The molecule has 23 heavy (non-hydrogen) atoms. The lowest BCUT2D eigenvalue weighted by Crippen LogP contribution is -2.24. The summed E-state index contributed by atoms with van der Waals surface area (Å²) in [6, 6.07) is 17.3. The van der Waals surface area contributed by atoms with Crippen molar-refractivity contribution in [2.24, 2.45) is 0 Å². The first-order chi connectivity index (χ1) is 11.0. The molecule has 6 heteroatoms. The van der Waals surface area contributed by atoms with Gasteiger partial charge in [0, 0.05) is 16.1 Å². The first-order valence-corrected chi connectivity index (χ1v) is 9.10. The van der Waals surface area contributed by atoms with Gasteiger partial charge in [0.15, 0.2) is 0 Å². The number of pyridine rings is 1. The lowest BCUT2D eigenvalue weighted by Gasteiger charge is -2.07. The van der Waals surface area contributed by atoms with Crippen LogP contribution in [0.25, 0.3) is 22.4 Å². The summed E-state index contributed by atoms with van der Waals surface area (Å²) in [7, 11) is -3.80. The van der Waals surface area contributed by atoms with Crippen LogP contribution in [0.3, 0.4) is 0 Å². The van der Waals surface area contributed by atoms with E-state index in [0.29, 0.717) is 16.8 Å². The fraction of sp³-hybridized carbons (Fsp3) is 0. The number of rotatable bonds is 1. The van der Waals surface area contributed by atoms with Crippen molar-refractivity contribution in [2.45, 2.75) is 4.90 Å². The van der Waals surface area contributed by atoms with E-state index in [9.17, 15) is 13.2 Å². The normalized spacial score (nSPS) is 14.3. The fourth-order valence-electron chi connectivity index (χ4n) is 2.80. The van der Waals surface area contributed by atoms with Gasteiger partial charge in [-0.2, -0.15) is 3.97 Å². The quantitative estimate of drug-likeness (QED) is 0.502. The van der Waals surface area contributed by atoms with Crippen molar-refractivity contribution in [3.63, 3.8) is 0 Å². The molecule has 0 saturated heterocycles. The molecule has 0 radical (unpaired) electrons. The first-order valence-electron chi connectivity index (χ1n) is 6.86. The number of aromatic nitrogens is 1. The van der Waals surface area contributed by atoms with Crippen LogP contribution >= 0.6 is 15.9 Å². The predicted molar refractivity (Wildman–Crippen MR) is 91.9 cm³/mol. The lowest BCUT2D eigenvalue weighted by molar-refractivity contribution is 0.589. The molecule has 2 aromatic carbocycles. The van der Waals surface area contributed by atoms with Crippen LogP contribution in [0.5, 0.6) is 0 Å². The maximum absolute atomic E-state index is 12.5. The minimum Gasteiger partial charge on any atom is -0.268 e. The van der Waals surface area contributed by atoms with Crippen molar-refractivity contribution in [1.29, 1.82) is 0 Å². The third-order valence-corrected chi connectivity index (χ3v) is 6.15. The van der Waals surface area contributed by atoms with Crippen molar-refractivity contribution in [1.82, 2.24) is 3.97 Å². The molecule has 0 spiro atoms. The van der Waals surface area contributed by atoms with Crippen LogP contribution in [-0.4, -0.2) is 12.4 Å². The molecule has 0 bridgehead atoms. The van der Waals surface area contributed by atoms with Crippen LogP contribution in [0.15, 0.2) is 74.8 Å². The Kier molecular flexibility index (Phi) is 3.08. The third-order valence-electron chi connectivity index (χ3n) is 3.85. The summed E-state index contributed by atoms with van der Waals surface area (Å²) < 4.78 is 26.9. The molecule has 4 rings (SSSR count). The highest BCUT2D eigenvalue weighted by Crippen LogP contribution is 2.37. The summed E-state index contributed by atoms with van der Waals surface area (Å²) in [5.74, 6) is 0. The molecule has 2 heterocycles. The van der Waals surface area contributed by atoms with Gasteiger partial charge in [-0.1, -0.05) is 46.3 Å². The number of fused-ring (bicyclic) bond motifs is 3. The van der Waals surface area contributed by atoms with Gasteiger partial charge in [-0.25, -0.2) is 8.42 Å². The van der Waals surface area contributed by atoms with E-state index >= 15 is 0 Å². The smallest absolute Gasteiger partial charge is 0.268 e. The highest BCUT2D eigenvalue weighted by molar-refractivity contribution is 9.10. The zero-order valence-corrected chi connectivity index (χ0v) is 14.1. The van der Waals surface area contributed by atoms with Gasteiger partial charge in [0.2, 0.25) is 0 Å². The molecule has 0 fully saturated rings. The Morgan fingerprint density at radius 1 is 0.870 bits per heavy atom. The Morgan fingerprint density at radius 2 is 1.57 bits per heavy atom. The Morgan fingerprint density at radius 3 is 2.30 bits per heavy atom. The molecule has 1 aliphatic rings. The summed E-state index contributed by atoms with van der Waals surface area (Å²) in [6.45, 7) is 0. The van der Waals surface area contributed by atoms with Gasteiger partial charge in [-0.15, -0.1) is 0 Å². The van der Waals surface area contributed by atoms with Crippen molar-refractivity contribution >= 4 is 26.0 Å². The number of hydrogen-bond acceptors (Lipinski definition) is 3. The fourth-order valence-corrected chi connectivity index (χ4v) is 4.67. The molecule has 114 valence electrons. The number of nitrogens with zero attached hydrogens (tertiary/aromatic N) is 1. The van der Waals surface area contributed by atoms with Gasteiger partial charge in [0.1, 0.15) is 0 Å². The maximum Gasteiger partial charge on any atom is 0.271 e. The molecule has 0 amide bonds. The molecule has 0 unspecified atom stereocenters. The SMILES string of the molecule is O=c1cc(-c2ccc(Br)cc2)cc2n1S(=O)(=O)c1ccccc1-2. The van der Waals surface area contributed by atoms with Crippen molar-refractivity contribution in [2.75, 3.05) is 0 Å². The summed E-state index contributed by atoms with van der Waals surface area (Å²) >= 11 is 3.37. The van der Waals surface area contributed by atoms with E-state index in [1.807, 2.05) is 24.3 Å². The Labute approximate surface area is 141 Å². The first kappa shape index (κ1) is 14.4. The third kappa shape index (κ3) is 2.09. The van der Waals surface area contributed by atoms with E-state index in [2.05, 4.69) is 15.9 Å². The molecule has 3 aromatic rings. The van der Waals surface area contributed by atoms with Crippen molar-refractivity contribution < 1.29 is 8.42 Å². The van der Waals surface area contributed by atoms with Gasteiger partial charge in [-0.05, 0) is 35.4 Å². The lowest BCUT2D eigenvalue weighted by atomic mass is 10.0. The van der Waals surface area contributed by atoms with Gasteiger partial charge < -0.3 is 0 Å². The van der Waals surface area contributed by atoms with E-state index in [-0.39, 0.29) is 4.90 Å². The van der Waals surface area contributed by atoms with E-state index in [1.165, 1.54) is 12.1 Å². The average Bonchev–Trinajstić information content (AvgIpc) is 2.77. The monoisotopic (exact) mass is 387 g/mol. The second kappa shape index (κ2) is 4.91. The highest BCUT2D eigenvalue weighted by Gasteiger charge is 2.33. The summed E-state index contributed by atoms with van der Waals surface area (Å²) in [5.41, 5.74) is 1.97. The molecule has 0 atom stereocenters. The molecule has 1 aliphatic heterocycles. The van der Waals surface area contributed by atoms with E-state index in [0.717, 1.165) is 14.0 Å². The van der Waals surface area contributed by atoms with Crippen molar-refractivity contribution in [3.8, 4) is 22.4 Å². The van der Waals surface area contributed by atoms with Crippen molar-refractivity contribution in [3.05, 3.63) is 75.5 Å². The molecular formula is C17H10BrNO3S. The number of benzene rings is 2. The van der Waals surface area contributed by atoms with Crippen LogP contribution in [-0.2, 0) is 10.0 Å². The summed E-state index contributed by atoms with van der Waals surface area (Å²) in [5, 5.41) is 0. The predicted octanol–water partition coefficient (Wildman–Crippen LogP) is 3.50. The van der Waals surface area contributed by atoms with E-state index in [1.54, 1.807) is 24.3 Å². The Hall–Kier alpha value is -2.18.